The second-order valence-electron chi connectivity index (χ2n) is 13.4. The van der Waals surface area contributed by atoms with Crippen LogP contribution in [0.5, 0.6) is 0 Å². The Kier molecular flexibility index (Phi) is 14.3. The van der Waals surface area contributed by atoms with Crippen LogP contribution in [0.4, 0.5) is 0 Å². The summed E-state index contributed by atoms with van der Waals surface area (Å²) < 4.78 is 23.9. The van der Waals surface area contributed by atoms with E-state index in [9.17, 15) is 14.4 Å². The molecule has 254 valence electrons. The number of ether oxygens (including phenoxy) is 4. The molecule has 0 spiro atoms. The van der Waals surface area contributed by atoms with Gasteiger partial charge in [-0.2, -0.15) is 0 Å². The largest absolute Gasteiger partial charge is 0.466 e. The van der Waals surface area contributed by atoms with Gasteiger partial charge in [0.05, 0.1) is 37.9 Å². The summed E-state index contributed by atoms with van der Waals surface area (Å²) in [6.07, 6.45) is 21.2. The number of fused-ring (bicyclic) bond motifs is 4. The fraction of sp³-hybridized carbons (Fsp3) is 0.649. The molecule has 4 aliphatic heterocycles. The maximum Gasteiger partial charge on any atom is 0.330 e. The van der Waals surface area contributed by atoms with E-state index in [-0.39, 0.29) is 48.6 Å². The maximum absolute atomic E-state index is 13.3. The van der Waals surface area contributed by atoms with Gasteiger partial charge in [-0.1, -0.05) is 61.4 Å². The Morgan fingerprint density at radius 1 is 0.957 bits per heavy atom. The molecule has 4 bridgehead atoms. The third-order valence-electron chi connectivity index (χ3n) is 9.21. The van der Waals surface area contributed by atoms with Crippen molar-refractivity contribution in [3.05, 3.63) is 59.8 Å². The molecule has 46 heavy (non-hydrogen) atoms. The molecule has 1 amide bonds. The molecule has 0 aromatic heterocycles. The lowest BCUT2D eigenvalue weighted by molar-refractivity contribution is -0.154. The van der Waals surface area contributed by atoms with Crippen LogP contribution in [0.25, 0.3) is 0 Å². The zero-order valence-corrected chi connectivity index (χ0v) is 28.2. The minimum absolute atomic E-state index is 0.0484. The van der Waals surface area contributed by atoms with Crippen LogP contribution in [0.2, 0.25) is 0 Å². The Morgan fingerprint density at radius 3 is 2.43 bits per heavy atom. The van der Waals surface area contributed by atoms with Crippen LogP contribution in [0.15, 0.2) is 59.8 Å². The molecule has 4 rings (SSSR count). The summed E-state index contributed by atoms with van der Waals surface area (Å²) >= 11 is 0. The molecule has 0 aromatic carbocycles. The molecule has 1 N–H and O–H groups in total. The van der Waals surface area contributed by atoms with Crippen molar-refractivity contribution in [3.8, 4) is 0 Å². The van der Waals surface area contributed by atoms with Crippen molar-refractivity contribution < 1.29 is 33.3 Å². The number of rotatable bonds is 6. The zero-order chi connectivity index (χ0) is 32.9. The third-order valence-corrected chi connectivity index (χ3v) is 9.21. The number of piperazine rings is 1. The van der Waals surface area contributed by atoms with Gasteiger partial charge in [0.2, 0.25) is 5.91 Å². The molecule has 3 saturated heterocycles. The van der Waals surface area contributed by atoms with Gasteiger partial charge in [0, 0.05) is 51.0 Å². The Balaban J connectivity index is 1.45. The van der Waals surface area contributed by atoms with Gasteiger partial charge in [-0.15, -0.1) is 0 Å². The average molecular weight is 639 g/mol. The molecular formula is C37H54N2O7. The number of methoxy groups -OCH3 is 1. The summed E-state index contributed by atoms with van der Waals surface area (Å²) in [6, 6.07) is 0. The first-order chi connectivity index (χ1) is 22.2. The fourth-order valence-corrected chi connectivity index (χ4v) is 6.72. The van der Waals surface area contributed by atoms with Crippen LogP contribution in [-0.2, 0) is 33.3 Å². The zero-order valence-electron chi connectivity index (χ0n) is 28.2. The highest BCUT2D eigenvalue weighted by Gasteiger charge is 2.33. The van der Waals surface area contributed by atoms with Gasteiger partial charge >= 0.3 is 11.9 Å². The number of nitrogens with one attached hydrogen (secondary N) is 1. The highest BCUT2D eigenvalue weighted by molar-refractivity contribution is 5.82. The highest BCUT2D eigenvalue weighted by Crippen LogP contribution is 2.33. The van der Waals surface area contributed by atoms with Crippen molar-refractivity contribution in [2.45, 2.75) is 109 Å². The smallest absolute Gasteiger partial charge is 0.330 e. The van der Waals surface area contributed by atoms with Gasteiger partial charge in [-0.25, -0.2) is 4.79 Å². The lowest BCUT2D eigenvalue weighted by Crippen LogP contribution is -2.46. The lowest BCUT2D eigenvalue weighted by Gasteiger charge is -2.37. The van der Waals surface area contributed by atoms with Crippen LogP contribution in [0, 0.1) is 11.8 Å². The molecule has 7 atom stereocenters. The first-order valence-corrected chi connectivity index (χ1v) is 17.1. The summed E-state index contributed by atoms with van der Waals surface area (Å²) in [6.45, 7) is 9.42. The maximum atomic E-state index is 13.3. The van der Waals surface area contributed by atoms with Crippen molar-refractivity contribution >= 4 is 17.8 Å². The predicted molar refractivity (Wildman–Crippen MR) is 178 cm³/mol. The fourth-order valence-electron chi connectivity index (χ4n) is 6.72. The quantitative estimate of drug-likeness (QED) is 0.179. The second kappa shape index (κ2) is 18.4. The van der Waals surface area contributed by atoms with Crippen LogP contribution in [0.1, 0.15) is 78.6 Å². The third kappa shape index (κ3) is 12.0. The van der Waals surface area contributed by atoms with Crippen LogP contribution in [-0.4, -0.2) is 86.6 Å². The van der Waals surface area contributed by atoms with E-state index >= 15 is 0 Å². The van der Waals surface area contributed by atoms with Gasteiger partial charge < -0.3 is 29.2 Å². The number of hydrogen-bond acceptors (Lipinski definition) is 8. The molecule has 4 heterocycles. The Labute approximate surface area is 275 Å². The molecular weight excluding hydrogens is 584 g/mol. The van der Waals surface area contributed by atoms with Gasteiger partial charge in [-0.05, 0) is 57.4 Å². The van der Waals surface area contributed by atoms with Gasteiger partial charge in [-0.3, -0.25) is 9.59 Å². The Hall–Kier alpha value is -3.01. The standard InChI is InChI=1S/C37H54N2O7/c1-26(20-35(40)39-17-15-38-16-18-39)9-6-5-7-12-34-28(3)14-13-27(2)19-30-10-8-11-31(44-30)24-32-21-29(23-36(41)43-4)22-33(45-32)25-37(42)46-34/h5-7,9,12-14,23,27-28,30-34,38H,8,10-11,15-22,24-25H2,1-4H3/b6-5-,12-7+,14-13+,26-9+,29-23-. The van der Waals surface area contributed by atoms with E-state index in [2.05, 4.69) is 31.3 Å². The molecule has 4 aliphatic rings. The summed E-state index contributed by atoms with van der Waals surface area (Å²) in [5, 5.41) is 3.27. The number of hydrogen-bond donors (Lipinski definition) is 1. The number of nitrogens with zero attached hydrogens (tertiary/aromatic N) is 1. The van der Waals surface area contributed by atoms with Crippen molar-refractivity contribution in [2.24, 2.45) is 11.8 Å². The summed E-state index contributed by atoms with van der Waals surface area (Å²) in [5.41, 5.74) is 1.92. The topological polar surface area (TPSA) is 103 Å². The van der Waals surface area contributed by atoms with Crippen molar-refractivity contribution in [1.29, 1.82) is 0 Å². The molecule has 0 aliphatic carbocycles. The first-order valence-electron chi connectivity index (χ1n) is 17.1. The van der Waals surface area contributed by atoms with Gasteiger partial charge in [0.25, 0.3) is 0 Å². The van der Waals surface area contributed by atoms with E-state index in [0.717, 1.165) is 69.4 Å². The number of amides is 1. The number of esters is 2. The molecule has 3 fully saturated rings. The number of carbonyl (C=O) groups is 3. The SMILES string of the molecule is COC(=O)/C=C1\CC2CC(=O)OC(/C=C/C=C\C=C(/C)CC(=O)N3CCNCC3)C(C)/C=C/C(C)CC3CCCC(CC(C1)O2)O3. The Bertz CT molecular complexity index is 1180. The normalized spacial score (nSPS) is 33.6. The van der Waals surface area contributed by atoms with Crippen LogP contribution >= 0.6 is 0 Å². The van der Waals surface area contributed by atoms with E-state index < -0.39 is 12.1 Å². The molecule has 0 aromatic rings. The minimum atomic E-state index is -0.465. The first kappa shape index (κ1) is 35.8. The van der Waals surface area contributed by atoms with E-state index in [0.29, 0.717) is 25.2 Å². The lowest BCUT2D eigenvalue weighted by atomic mass is 9.89. The van der Waals surface area contributed by atoms with Crippen molar-refractivity contribution in [3.63, 3.8) is 0 Å². The van der Waals surface area contributed by atoms with Crippen LogP contribution in [0.3, 0.4) is 0 Å². The van der Waals surface area contributed by atoms with Gasteiger partial charge in [0.15, 0.2) is 0 Å². The summed E-state index contributed by atoms with van der Waals surface area (Å²) in [5.74, 6) is -0.299. The molecule has 9 nitrogen and oxygen atoms in total. The highest BCUT2D eigenvalue weighted by atomic mass is 16.6. The van der Waals surface area contributed by atoms with E-state index in [1.165, 1.54) is 7.11 Å². The monoisotopic (exact) mass is 638 g/mol. The van der Waals surface area contributed by atoms with Crippen molar-refractivity contribution in [1.82, 2.24) is 10.2 Å². The second-order valence-corrected chi connectivity index (χ2v) is 13.4. The Morgan fingerprint density at radius 2 is 1.67 bits per heavy atom. The summed E-state index contributed by atoms with van der Waals surface area (Å²) in [4.78, 5) is 39.8. The minimum Gasteiger partial charge on any atom is -0.466 e. The molecule has 0 saturated carbocycles. The van der Waals surface area contributed by atoms with Crippen LogP contribution < -0.4 is 5.32 Å². The number of carbonyl (C=O) groups excluding carboxylic acids is 3. The number of allylic oxidation sites excluding steroid dienone is 5. The predicted octanol–water partition coefficient (Wildman–Crippen LogP) is 5.38. The van der Waals surface area contributed by atoms with E-state index in [4.69, 9.17) is 18.9 Å². The van der Waals surface area contributed by atoms with E-state index in [1.807, 2.05) is 42.2 Å². The van der Waals surface area contributed by atoms with Crippen molar-refractivity contribution in [2.75, 3.05) is 33.3 Å². The average Bonchev–Trinajstić information content (AvgIpc) is 3.02. The van der Waals surface area contributed by atoms with E-state index in [1.54, 1.807) is 6.08 Å². The molecule has 0 radical (unpaired) electrons. The molecule has 7 unspecified atom stereocenters. The van der Waals surface area contributed by atoms with Gasteiger partial charge in [0.1, 0.15) is 6.10 Å². The summed E-state index contributed by atoms with van der Waals surface area (Å²) in [7, 11) is 1.37. The number of cyclic esters (lactones) is 1. The molecule has 9 heteroatoms.